The number of amides is 2. The van der Waals surface area contributed by atoms with E-state index in [1.54, 1.807) is 20.8 Å². The lowest BCUT2D eigenvalue weighted by Crippen LogP contribution is -2.51. The summed E-state index contributed by atoms with van der Waals surface area (Å²) in [5.41, 5.74) is 0.177. The van der Waals surface area contributed by atoms with Gasteiger partial charge >= 0.3 is 6.09 Å². The maximum Gasteiger partial charge on any atom is 0.408 e. The molecule has 1 aromatic rings. The molecular formula is C16H27N3O4. The first-order valence-electron chi connectivity index (χ1n) is 7.78. The molecule has 1 atom stereocenters. The Labute approximate surface area is 137 Å². The minimum absolute atomic E-state index is 0.0585. The summed E-state index contributed by atoms with van der Waals surface area (Å²) in [5, 5.41) is 9.28. The number of aryl methyl sites for hydroxylation is 1. The van der Waals surface area contributed by atoms with Gasteiger partial charge in [0.25, 0.3) is 0 Å². The molecule has 2 amide bonds. The highest BCUT2D eigenvalue weighted by Gasteiger charge is 2.26. The number of carbonyl (C=O) groups is 2. The van der Waals surface area contributed by atoms with E-state index in [0.717, 1.165) is 11.5 Å². The molecule has 0 fully saturated rings. The maximum absolute atomic E-state index is 12.3. The lowest BCUT2D eigenvalue weighted by atomic mass is 10.0. The zero-order valence-corrected chi connectivity index (χ0v) is 14.7. The average Bonchev–Trinajstić information content (AvgIpc) is 2.79. The van der Waals surface area contributed by atoms with Gasteiger partial charge < -0.3 is 19.9 Å². The highest BCUT2D eigenvalue weighted by atomic mass is 16.6. The first kappa shape index (κ1) is 19.0. The molecule has 23 heavy (non-hydrogen) atoms. The molecule has 2 N–H and O–H groups in total. The fourth-order valence-electron chi connectivity index (χ4n) is 1.93. The van der Waals surface area contributed by atoms with E-state index in [-0.39, 0.29) is 11.8 Å². The van der Waals surface area contributed by atoms with E-state index in [0.29, 0.717) is 13.0 Å². The van der Waals surface area contributed by atoms with Gasteiger partial charge in [-0.25, -0.2) is 4.79 Å². The van der Waals surface area contributed by atoms with E-state index < -0.39 is 17.7 Å². The third kappa shape index (κ3) is 7.17. The molecule has 0 bridgehead atoms. The second kappa shape index (κ2) is 7.99. The van der Waals surface area contributed by atoms with Crippen molar-refractivity contribution in [3.8, 4) is 0 Å². The van der Waals surface area contributed by atoms with Crippen LogP contribution in [0.15, 0.2) is 10.6 Å². The maximum atomic E-state index is 12.3. The molecule has 0 saturated heterocycles. The summed E-state index contributed by atoms with van der Waals surface area (Å²) in [6.07, 6.45) is -0.0289. The van der Waals surface area contributed by atoms with E-state index in [1.807, 2.05) is 26.8 Å². The highest BCUT2D eigenvalue weighted by Crippen LogP contribution is 2.09. The minimum atomic E-state index is -0.649. The van der Waals surface area contributed by atoms with Crippen molar-refractivity contribution in [2.24, 2.45) is 5.92 Å². The number of alkyl carbamates (subject to hydrolysis) is 1. The summed E-state index contributed by atoms with van der Waals surface area (Å²) in [7, 11) is 0. The van der Waals surface area contributed by atoms with Gasteiger partial charge in [0.2, 0.25) is 5.91 Å². The SMILES string of the molecule is Cc1cc(CCNC(=O)C(NC(=O)OC(C)(C)C)C(C)C)no1. The summed E-state index contributed by atoms with van der Waals surface area (Å²) >= 11 is 0. The second-order valence-corrected chi connectivity index (χ2v) is 6.84. The summed E-state index contributed by atoms with van der Waals surface area (Å²) in [5.74, 6) is 0.431. The van der Waals surface area contributed by atoms with Gasteiger partial charge in [0.1, 0.15) is 17.4 Å². The number of nitrogens with one attached hydrogen (secondary N) is 2. The normalized spacial score (nSPS) is 12.8. The minimum Gasteiger partial charge on any atom is -0.444 e. The van der Waals surface area contributed by atoms with E-state index >= 15 is 0 Å². The molecule has 0 spiro atoms. The van der Waals surface area contributed by atoms with Crippen molar-refractivity contribution in [3.63, 3.8) is 0 Å². The standard InChI is InChI=1S/C16H27N3O4/c1-10(2)13(18-15(21)22-16(4,5)6)14(20)17-8-7-12-9-11(3)23-19-12/h9-10,13H,7-8H2,1-6H3,(H,17,20)(H,18,21). The first-order chi connectivity index (χ1) is 10.6. The van der Waals surface area contributed by atoms with Gasteiger partial charge in [0, 0.05) is 19.0 Å². The monoisotopic (exact) mass is 325 g/mol. The second-order valence-electron chi connectivity index (χ2n) is 6.84. The molecule has 0 aliphatic rings. The zero-order valence-electron chi connectivity index (χ0n) is 14.7. The van der Waals surface area contributed by atoms with Crippen LogP contribution in [0.3, 0.4) is 0 Å². The van der Waals surface area contributed by atoms with Crippen LogP contribution >= 0.6 is 0 Å². The summed E-state index contributed by atoms with van der Waals surface area (Å²) in [6, 6.07) is 1.18. The van der Waals surface area contributed by atoms with Crippen LogP contribution in [0.2, 0.25) is 0 Å². The molecule has 1 rings (SSSR count). The van der Waals surface area contributed by atoms with Crippen molar-refractivity contribution in [1.29, 1.82) is 0 Å². The lowest BCUT2D eigenvalue weighted by molar-refractivity contribution is -0.124. The molecule has 0 radical (unpaired) electrons. The van der Waals surface area contributed by atoms with Gasteiger partial charge in [0.05, 0.1) is 5.69 Å². The molecule has 1 heterocycles. The number of aromatic nitrogens is 1. The van der Waals surface area contributed by atoms with E-state index in [1.165, 1.54) is 0 Å². The van der Waals surface area contributed by atoms with Crippen LogP contribution in [0.4, 0.5) is 4.79 Å². The smallest absolute Gasteiger partial charge is 0.408 e. The summed E-state index contributed by atoms with van der Waals surface area (Å²) in [4.78, 5) is 24.1. The molecule has 1 unspecified atom stereocenters. The van der Waals surface area contributed by atoms with Gasteiger partial charge in [-0.1, -0.05) is 19.0 Å². The van der Waals surface area contributed by atoms with Crippen molar-refractivity contribution in [1.82, 2.24) is 15.8 Å². The Balaban J connectivity index is 2.49. The summed E-state index contributed by atoms with van der Waals surface area (Å²) in [6.45, 7) is 11.3. The van der Waals surface area contributed by atoms with Crippen LogP contribution in [-0.4, -0.2) is 35.3 Å². The number of rotatable bonds is 6. The average molecular weight is 325 g/mol. The number of hydrogen-bond acceptors (Lipinski definition) is 5. The Bertz CT molecular complexity index is 532. The number of carbonyl (C=O) groups excluding carboxylic acids is 2. The molecule has 7 nitrogen and oxygen atoms in total. The molecule has 0 aliphatic carbocycles. The van der Waals surface area contributed by atoms with Crippen molar-refractivity contribution in [3.05, 3.63) is 17.5 Å². The fraction of sp³-hybridized carbons (Fsp3) is 0.688. The predicted molar refractivity (Wildman–Crippen MR) is 85.9 cm³/mol. The first-order valence-corrected chi connectivity index (χ1v) is 7.78. The van der Waals surface area contributed by atoms with E-state index in [9.17, 15) is 9.59 Å². The largest absolute Gasteiger partial charge is 0.444 e. The van der Waals surface area contributed by atoms with Gasteiger partial charge in [-0.05, 0) is 33.6 Å². The third-order valence-electron chi connectivity index (χ3n) is 2.98. The van der Waals surface area contributed by atoms with Crippen molar-refractivity contribution in [2.45, 2.75) is 59.6 Å². The Morgan fingerprint density at radius 1 is 1.35 bits per heavy atom. The van der Waals surface area contributed by atoms with Crippen LogP contribution in [0.25, 0.3) is 0 Å². The van der Waals surface area contributed by atoms with Crippen LogP contribution < -0.4 is 10.6 Å². The quantitative estimate of drug-likeness (QED) is 0.836. The molecule has 0 aliphatic heterocycles. The van der Waals surface area contributed by atoms with Gasteiger partial charge in [-0.2, -0.15) is 0 Å². The Kier molecular flexibility index (Phi) is 6.60. The Hall–Kier alpha value is -2.05. The summed E-state index contributed by atoms with van der Waals surface area (Å²) < 4.78 is 10.2. The molecule has 130 valence electrons. The highest BCUT2D eigenvalue weighted by molar-refractivity contribution is 5.85. The third-order valence-corrected chi connectivity index (χ3v) is 2.98. The van der Waals surface area contributed by atoms with Crippen molar-refractivity contribution in [2.75, 3.05) is 6.54 Å². The van der Waals surface area contributed by atoms with Gasteiger partial charge in [-0.15, -0.1) is 0 Å². The van der Waals surface area contributed by atoms with Crippen LogP contribution in [0.5, 0.6) is 0 Å². The van der Waals surface area contributed by atoms with Crippen LogP contribution in [0, 0.1) is 12.8 Å². The van der Waals surface area contributed by atoms with Crippen molar-refractivity contribution < 1.29 is 18.8 Å². The lowest BCUT2D eigenvalue weighted by Gasteiger charge is -2.25. The fourth-order valence-corrected chi connectivity index (χ4v) is 1.93. The topological polar surface area (TPSA) is 93.5 Å². The van der Waals surface area contributed by atoms with Crippen molar-refractivity contribution >= 4 is 12.0 Å². The Morgan fingerprint density at radius 2 is 2.00 bits per heavy atom. The van der Waals surface area contributed by atoms with Gasteiger partial charge in [-0.3, -0.25) is 4.79 Å². The zero-order chi connectivity index (χ0) is 17.6. The van der Waals surface area contributed by atoms with E-state index in [2.05, 4.69) is 15.8 Å². The number of ether oxygens (including phenoxy) is 1. The number of nitrogens with zero attached hydrogens (tertiary/aromatic N) is 1. The molecule has 0 aromatic carbocycles. The molecule has 1 aromatic heterocycles. The predicted octanol–water partition coefficient (Wildman–Crippen LogP) is 2.19. The number of hydrogen-bond donors (Lipinski definition) is 2. The molecular weight excluding hydrogens is 298 g/mol. The van der Waals surface area contributed by atoms with Crippen LogP contribution in [0.1, 0.15) is 46.1 Å². The molecule has 7 heteroatoms. The molecule has 0 saturated carbocycles. The van der Waals surface area contributed by atoms with E-state index in [4.69, 9.17) is 9.26 Å². The van der Waals surface area contributed by atoms with Crippen LogP contribution in [-0.2, 0) is 16.0 Å². The van der Waals surface area contributed by atoms with Gasteiger partial charge in [0.15, 0.2) is 0 Å². The Morgan fingerprint density at radius 3 is 2.48 bits per heavy atom.